The van der Waals surface area contributed by atoms with Gasteiger partial charge in [-0.05, 0) is 43.1 Å². The molecule has 0 saturated heterocycles. The van der Waals surface area contributed by atoms with E-state index in [1.165, 1.54) is 30.6 Å². The molecule has 21 heavy (non-hydrogen) atoms. The minimum absolute atomic E-state index is 0.0869. The molecule has 0 aliphatic rings. The molecular weight excluding hydrogens is 301 g/mol. The summed E-state index contributed by atoms with van der Waals surface area (Å²) in [5, 5.41) is 3.68. The minimum atomic E-state index is -4.33. The summed E-state index contributed by atoms with van der Waals surface area (Å²) in [5.74, 6) is -0.0869. The van der Waals surface area contributed by atoms with Crippen molar-refractivity contribution in [3.63, 3.8) is 0 Å². The molecule has 2 aromatic rings. The quantitative estimate of drug-likeness (QED) is 0.856. The summed E-state index contributed by atoms with van der Waals surface area (Å²) >= 11 is 1.17. The molecule has 7 heteroatoms. The Morgan fingerprint density at radius 2 is 1.90 bits per heavy atom. The highest BCUT2D eigenvalue weighted by Crippen LogP contribution is 2.29. The van der Waals surface area contributed by atoms with Crippen LogP contribution >= 0.6 is 11.5 Å². The second-order valence-corrected chi connectivity index (χ2v) is 5.35. The van der Waals surface area contributed by atoms with E-state index in [0.717, 1.165) is 12.1 Å². The van der Waals surface area contributed by atoms with Crippen molar-refractivity contribution in [2.75, 3.05) is 5.32 Å². The van der Waals surface area contributed by atoms with E-state index in [2.05, 4.69) is 9.69 Å². The van der Waals surface area contributed by atoms with Crippen LogP contribution in [0.25, 0.3) is 0 Å². The summed E-state index contributed by atoms with van der Waals surface area (Å²) in [6.07, 6.45) is -4.33. The Morgan fingerprint density at radius 1 is 1.29 bits per heavy atom. The van der Waals surface area contributed by atoms with Crippen molar-refractivity contribution in [1.82, 2.24) is 4.37 Å². The zero-order valence-corrected chi connectivity index (χ0v) is 12.2. The molecule has 1 N–H and O–H groups in total. The molecule has 0 aliphatic carbocycles. The smallest absolute Gasteiger partial charge is 0.371 e. The highest BCUT2D eigenvalue weighted by molar-refractivity contribution is 7.10. The van der Waals surface area contributed by atoms with Crippen LogP contribution in [0.1, 0.15) is 34.1 Å². The average molecular weight is 314 g/mol. The molecule has 2 rings (SSSR count). The van der Waals surface area contributed by atoms with Crippen LogP contribution in [0, 0.1) is 6.92 Å². The molecule has 0 amide bonds. The maximum atomic E-state index is 12.5. The Bertz CT molecular complexity index is 647. The van der Waals surface area contributed by atoms with Crippen molar-refractivity contribution in [1.29, 1.82) is 0 Å². The zero-order chi connectivity index (χ0) is 15.6. The largest absolute Gasteiger partial charge is 0.416 e. The lowest BCUT2D eigenvalue weighted by atomic mass is 10.1. The first kappa shape index (κ1) is 15.5. The number of nitrogens with one attached hydrogen (secondary N) is 1. The van der Waals surface area contributed by atoms with E-state index in [0.29, 0.717) is 28.4 Å². The SMILES string of the molecule is CC(=O)c1c(C)nsc1NCc1ccc(C(F)(F)F)cc1. The lowest BCUT2D eigenvalue weighted by Gasteiger charge is -2.09. The number of carbonyl (C=O) groups excluding carboxylic acids is 1. The first-order chi connectivity index (χ1) is 9.79. The Kier molecular flexibility index (Phi) is 4.32. The monoisotopic (exact) mass is 314 g/mol. The summed E-state index contributed by atoms with van der Waals surface area (Å²) in [4.78, 5) is 11.5. The molecule has 0 unspecified atom stereocenters. The minimum Gasteiger partial charge on any atom is -0.371 e. The molecule has 0 spiro atoms. The highest BCUT2D eigenvalue weighted by Gasteiger charge is 2.29. The van der Waals surface area contributed by atoms with Gasteiger partial charge in [-0.25, -0.2) is 0 Å². The number of benzene rings is 1. The Morgan fingerprint density at radius 3 is 2.43 bits per heavy atom. The van der Waals surface area contributed by atoms with E-state index in [4.69, 9.17) is 0 Å². The fraction of sp³-hybridized carbons (Fsp3) is 0.286. The first-order valence-electron chi connectivity index (χ1n) is 6.16. The summed E-state index contributed by atoms with van der Waals surface area (Å²) in [7, 11) is 0. The second-order valence-electron chi connectivity index (χ2n) is 4.58. The number of carbonyl (C=O) groups is 1. The zero-order valence-electron chi connectivity index (χ0n) is 11.4. The molecule has 0 saturated carbocycles. The molecule has 1 aromatic heterocycles. The van der Waals surface area contributed by atoms with Gasteiger partial charge in [0.2, 0.25) is 0 Å². The van der Waals surface area contributed by atoms with Crippen LogP contribution in [0.5, 0.6) is 0 Å². The van der Waals surface area contributed by atoms with Crippen LogP contribution in [0.2, 0.25) is 0 Å². The fourth-order valence-corrected chi connectivity index (χ4v) is 2.74. The predicted molar refractivity (Wildman–Crippen MR) is 75.6 cm³/mol. The third kappa shape index (κ3) is 3.60. The van der Waals surface area contributed by atoms with Crippen molar-refractivity contribution in [2.24, 2.45) is 0 Å². The molecule has 1 heterocycles. The van der Waals surface area contributed by atoms with Gasteiger partial charge < -0.3 is 5.32 Å². The van der Waals surface area contributed by atoms with E-state index in [1.54, 1.807) is 6.92 Å². The molecule has 1 aromatic carbocycles. The molecule has 0 atom stereocenters. The van der Waals surface area contributed by atoms with Crippen LogP contribution in [-0.2, 0) is 12.7 Å². The summed E-state index contributed by atoms with van der Waals surface area (Å²) in [6.45, 7) is 3.54. The van der Waals surface area contributed by atoms with Gasteiger partial charge >= 0.3 is 6.18 Å². The molecule has 0 aliphatic heterocycles. The number of alkyl halides is 3. The number of ketones is 1. The van der Waals surface area contributed by atoms with Crippen LogP contribution in [0.4, 0.5) is 18.2 Å². The van der Waals surface area contributed by atoms with Crippen LogP contribution in [-0.4, -0.2) is 10.2 Å². The Balaban J connectivity index is 2.09. The van der Waals surface area contributed by atoms with Gasteiger partial charge in [0.25, 0.3) is 0 Å². The molecule has 0 radical (unpaired) electrons. The van der Waals surface area contributed by atoms with Crippen molar-refractivity contribution < 1.29 is 18.0 Å². The molecule has 112 valence electrons. The van der Waals surface area contributed by atoms with Gasteiger partial charge in [0.1, 0.15) is 5.00 Å². The van der Waals surface area contributed by atoms with Gasteiger partial charge in [-0.2, -0.15) is 17.5 Å². The van der Waals surface area contributed by atoms with E-state index in [1.807, 2.05) is 0 Å². The van der Waals surface area contributed by atoms with Gasteiger partial charge in [0.15, 0.2) is 5.78 Å². The van der Waals surface area contributed by atoms with Gasteiger partial charge in [-0.3, -0.25) is 4.79 Å². The van der Waals surface area contributed by atoms with E-state index in [9.17, 15) is 18.0 Å². The molecule has 0 fully saturated rings. The fourth-order valence-electron chi connectivity index (χ4n) is 1.90. The van der Waals surface area contributed by atoms with Gasteiger partial charge in [0, 0.05) is 6.54 Å². The van der Waals surface area contributed by atoms with Gasteiger partial charge in [-0.1, -0.05) is 12.1 Å². The topological polar surface area (TPSA) is 42.0 Å². The Labute approximate surface area is 124 Å². The standard InChI is InChI=1S/C14H13F3N2OS/c1-8-12(9(2)20)13(21-19-8)18-7-10-3-5-11(6-4-10)14(15,16)17/h3-6,18H,7H2,1-2H3. The number of aryl methyl sites for hydroxylation is 1. The number of Topliss-reactive ketones (excluding diaryl/α,β-unsaturated/α-hetero) is 1. The lowest BCUT2D eigenvalue weighted by molar-refractivity contribution is -0.137. The summed E-state index contributed by atoms with van der Waals surface area (Å²) < 4.78 is 41.5. The number of hydrogen-bond acceptors (Lipinski definition) is 4. The van der Waals surface area contributed by atoms with Crippen LogP contribution < -0.4 is 5.32 Å². The van der Waals surface area contributed by atoms with Crippen molar-refractivity contribution in [3.8, 4) is 0 Å². The number of rotatable bonds is 4. The number of aromatic nitrogens is 1. The first-order valence-corrected chi connectivity index (χ1v) is 6.93. The van der Waals surface area contributed by atoms with E-state index >= 15 is 0 Å². The van der Waals surface area contributed by atoms with Crippen LogP contribution in [0.15, 0.2) is 24.3 Å². The normalized spacial score (nSPS) is 11.5. The third-order valence-electron chi connectivity index (χ3n) is 2.95. The number of hydrogen-bond donors (Lipinski definition) is 1. The maximum absolute atomic E-state index is 12.5. The highest BCUT2D eigenvalue weighted by atomic mass is 32.1. The van der Waals surface area contributed by atoms with E-state index in [-0.39, 0.29) is 5.78 Å². The maximum Gasteiger partial charge on any atom is 0.416 e. The summed E-state index contributed by atoms with van der Waals surface area (Å²) in [5.41, 5.74) is 1.21. The van der Waals surface area contributed by atoms with Gasteiger partial charge in [-0.15, -0.1) is 0 Å². The van der Waals surface area contributed by atoms with E-state index < -0.39 is 11.7 Å². The second kappa shape index (κ2) is 5.85. The number of nitrogens with zero attached hydrogens (tertiary/aromatic N) is 1. The van der Waals surface area contributed by atoms with Crippen LogP contribution in [0.3, 0.4) is 0 Å². The van der Waals surface area contributed by atoms with Crippen molar-refractivity contribution in [2.45, 2.75) is 26.6 Å². The molecule has 3 nitrogen and oxygen atoms in total. The molecule has 0 bridgehead atoms. The summed E-state index contributed by atoms with van der Waals surface area (Å²) in [6, 6.07) is 4.91. The van der Waals surface area contributed by atoms with Crippen molar-refractivity contribution >= 4 is 22.3 Å². The molecular formula is C14H13F3N2OS. The lowest BCUT2D eigenvalue weighted by Crippen LogP contribution is -2.06. The average Bonchev–Trinajstić information content (AvgIpc) is 2.77. The number of halogens is 3. The third-order valence-corrected chi connectivity index (χ3v) is 3.85. The number of anilines is 1. The predicted octanol–water partition coefficient (Wildman–Crippen LogP) is 4.29. The van der Waals surface area contributed by atoms with Crippen molar-refractivity contribution in [3.05, 3.63) is 46.6 Å². The van der Waals surface area contributed by atoms with Gasteiger partial charge in [0.05, 0.1) is 16.8 Å². The Hall–Kier alpha value is -1.89.